The van der Waals surface area contributed by atoms with Gasteiger partial charge in [-0.25, -0.2) is 9.97 Å². The molecule has 76 valence electrons. The fourth-order valence-electron chi connectivity index (χ4n) is 1.49. The van der Waals surface area contributed by atoms with Gasteiger partial charge in [0.05, 0.1) is 0 Å². The predicted molar refractivity (Wildman–Crippen MR) is 60.7 cm³/mol. The van der Waals surface area contributed by atoms with E-state index < -0.39 is 0 Å². The van der Waals surface area contributed by atoms with Crippen LogP contribution in [0.25, 0.3) is 0 Å². The van der Waals surface area contributed by atoms with E-state index in [9.17, 15) is 0 Å². The van der Waals surface area contributed by atoms with Crippen LogP contribution in [0.1, 0.15) is 18.4 Å². The highest BCUT2D eigenvalue weighted by Crippen LogP contribution is 2.19. The first-order valence-corrected chi connectivity index (χ1v) is 6.13. The topological polar surface area (TPSA) is 37.8 Å². The number of nitrogens with zero attached hydrogens (tertiary/aromatic N) is 2. The average molecular weight is 209 g/mol. The molecule has 1 fully saturated rings. The van der Waals surface area contributed by atoms with Crippen LogP contribution in [0.5, 0.6) is 0 Å². The molecule has 0 aromatic carbocycles. The lowest BCUT2D eigenvalue weighted by Crippen LogP contribution is -2.25. The number of hydrogen-bond donors (Lipinski definition) is 1. The van der Waals surface area contributed by atoms with Gasteiger partial charge in [-0.05, 0) is 36.8 Å². The van der Waals surface area contributed by atoms with Crippen molar-refractivity contribution < 1.29 is 0 Å². The zero-order valence-corrected chi connectivity index (χ0v) is 9.18. The minimum Gasteiger partial charge on any atom is -0.351 e. The second kappa shape index (κ2) is 4.64. The van der Waals surface area contributed by atoms with Gasteiger partial charge in [-0.15, -0.1) is 0 Å². The van der Waals surface area contributed by atoms with Crippen molar-refractivity contribution in [2.45, 2.75) is 25.8 Å². The lowest BCUT2D eigenvalue weighted by molar-refractivity contribution is 0.660. The van der Waals surface area contributed by atoms with Crippen molar-refractivity contribution in [3.63, 3.8) is 0 Å². The van der Waals surface area contributed by atoms with Gasteiger partial charge in [0.2, 0.25) is 5.95 Å². The van der Waals surface area contributed by atoms with E-state index in [0.717, 1.165) is 11.5 Å². The maximum atomic E-state index is 4.24. The largest absolute Gasteiger partial charge is 0.351 e. The molecule has 0 unspecified atom stereocenters. The summed E-state index contributed by atoms with van der Waals surface area (Å²) in [5.41, 5.74) is 1.11. The molecule has 0 aliphatic carbocycles. The Morgan fingerprint density at radius 3 is 2.57 bits per heavy atom. The van der Waals surface area contributed by atoms with Gasteiger partial charge >= 0.3 is 0 Å². The fraction of sp³-hybridized carbons (Fsp3) is 0.600. The van der Waals surface area contributed by atoms with Crippen LogP contribution in [-0.4, -0.2) is 27.5 Å². The molecule has 0 radical (unpaired) electrons. The first kappa shape index (κ1) is 9.77. The van der Waals surface area contributed by atoms with Crippen LogP contribution in [0.3, 0.4) is 0 Å². The number of aromatic nitrogens is 2. The summed E-state index contributed by atoms with van der Waals surface area (Å²) in [6, 6.07) is 0.568. The Morgan fingerprint density at radius 2 is 1.93 bits per heavy atom. The van der Waals surface area contributed by atoms with E-state index in [4.69, 9.17) is 0 Å². The van der Waals surface area contributed by atoms with Crippen LogP contribution < -0.4 is 5.32 Å². The molecule has 0 bridgehead atoms. The molecule has 0 spiro atoms. The number of aryl methyl sites for hydroxylation is 1. The number of hydrogen-bond acceptors (Lipinski definition) is 4. The highest BCUT2D eigenvalue weighted by atomic mass is 32.2. The highest BCUT2D eigenvalue weighted by Gasteiger charge is 2.13. The van der Waals surface area contributed by atoms with E-state index in [1.54, 1.807) is 0 Å². The van der Waals surface area contributed by atoms with E-state index in [2.05, 4.69) is 15.3 Å². The van der Waals surface area contributed by atoms with Gasteiger partial charge in [0, 0.05) is 18.4 Å². The summed E-state index contributed by atoms with van der Waals surface area (Å²) in [5, 5.41) is 3.37. The fourth-order valence-corrected chi connectivity index (χ4v) is 2.60. The molecule has 0 atom stereocenters. The zero-order chi connectivity index (χ0) is 9.80. The normalized spacial score (nSPS) is 18.1. The number of nitrogens with one attached hydrogen (secondary N) is 1. The molecule has 1 aromatic rings. The summed E-state index contributed by atoms with van der Waals surface area (Å²) in [7, 11) is 0. The van der Waals surface area contributed by atoms with Gasteiger partial charge in [0.25, 0.3) is 0 Å². The molecule has 1 N–H and O–H groups in total. The average Bonchev–Trinajstić information content (AvgIpc) is 2.23. The molecule has 0 amide bonds. The molecule has 1 aliphatic rings. The summed E-state index contributed by atoms with van der Waals surface area (Å²) < 4.78 is 0. The maximum absolute atomic E-state index is 4.24. The van der Waals surface area contributed by atoms with Crippen molar-refractivity contribution in [1.82, 2.24) is 9.97 Å². The summed E-state index contributed by atoms with van der Waals surface area (Å²) in [4.78, 5) is 8.49. The van der Waals surface area contributed by atoms with Crippen LogP contribution in [0.15, 0.2) is 12.4 Å². The Morgan fingerprint density at radius 1 is 1.29 bits per heavy atom. The third-order valence-electron chi connectivity index (χ3n) is 2.34. The molecular formula is C10H15N3S. The SMILES string of the molecule is Cc1cnc(NC2CCSCC2)nc1. The minimum absolute atomic E-state index is 0.568. The molecule has 14 heavy (non-hydrogen) atoms. The van der Waals surface area contributed by atoms with Crippen molar-refractivity contribution in [1.29, 1.82) is 0 Å². The predicted octanol–water partition coefficient (Wildman–Crippen LogP) is 2.09. The second-order valence-corrected chi connectivity index (χ2v) is 4.84. The van der Waals surface area contributed by atoms with E-state index in [1.165, 1.54) is 24.3 Å². The summed E-state index contributed by atoms with van der Waals surface area (Å²) in [5.74, 6) is 3.28. The van der Waals surface area contributed by atoms with E-state index in [0.29, 0.717) is 6.04 Å². The quantitative estimate of drug-likeness (QED) is 0.809. The van der Waals surface area contributed by atoms with Gasteiger partial charge in [-0.1, -0.05) is 0 Å². The standard InChI is InChI=1S/C10H15N3S/c1-8-6-11-10(12-7-8)13-9-2-4-14-5-3-9/h6-7,9H,2-5H2,1H3,(H,11,12,13). The molecular weight excluding hydrogens is 194 g/mol. The van der Waals surface area contributed by atoms with Crippen LogP contribution in [-0.2, 0) is 0 Å². The molecule has 1 aromatic heterocycles. The lowest BCUT2D eigenvalue weighted by atomic mass is 10.2. The van der Waals surface area contributed by atoms with Crippen molar-refractivity contribution in [2.24, 2.45) is 0 Å². The monoisotopic (exact) mass is 209 g/mol. The maximum Gasteiger partial charge on any atom is 0.222 e. The molecule has 1 saturated heterocycles. The highest BCUT2D eigenvalue weighted by molar-refractivity contribution is 7.99. The summed E-state index contributed by atoms with van der Waals surface area (Å²) in [6.45, 7) is 2.00. The Balaban J connectivity index is 1.92. The Hall–Kier alpha value is -0.770. The van der Waals surface area contributed by atoms with Crippen molar-refractivity contribution >= 4 is 17.7 Å². The number of rotatable bonds is 2. The van der Waals surface area contributed by atoms with Gasteiger partial charge in [0.1, 0.15) is 0 Å². The Bertz CT molecular complexity index is 280. The van der Waals surface area contributed by atoms with E-state index in [-0.39, 0.29) is 0 Å². The minimum atomic E-state index is 0.568. The molecule has 2 heterocycles. The first-order chi connectivity index (χ1) is 6.84. The summed E-state index contributed by atoms with van der Waals surface area (Å²) in [6.07, 6.45) is 6.16. The molecule has 4 heteroatoms. The van der Waals surface area contributed by atoms with Crippen LogP contribution in [0.2, 0.25) is 0 Å². The number of thioether (sulfide) groups is 1. The van der Waals surface area contributed by atoms with Crippen LogP contribution >= 0.6 is 11.8 Å². The van der Waals surface area contributed by atoms with Gasteiger partial charge < -0.3 is 5.32 Å². The smallest absolute Gasteiger partial charge is 0.222 e. The summed E-state index contributed by atoms with van der Waals surface area (Å²) >= 11 is 2.03. The third kappa shape index (κ3) is 2.61. The van der Waals surface area contributed by atoms with Crippen molar-refractivity contribution in [3.05, 3.63) is 18.0 Å². The van der Waals surface area contributed by atoms with Crippen molar-refractivity contribution in [3.8, 4) is 0 Å². The Kier molecular flexibility index (Phi) is 3.24. The third-order valence-corrected chi connectivity index (χ3v) is 3.38. The van der Waals surface area contributed by atoms with E-state index in [1.807, 2.05) is 31.1 Å². The molecule has 2 rings (SSSR count). The van der Waals surface area contributed by atoms with Crippen LogP contribution in [0, 0.1) is 6.92 Å². The second-order valence-electron chi connectivity index (χ2n) is 3.62. The van der Waals surface area contributed by atoms with Crippen molar-refractivity contribution in [2.75, 3.05) is 16.8 Å². The van der Waals surface area contributed by atoms with E-state index >= 15 is 0 Å². The Labute approximate surface area is 88.7 Å². The van der Waals surface area contributed by atoms with Crippen LogP contribution in [0.4, 0.5) is 5.95 Å². The van der Waals surface area contributed by atoms with Gasteiger partial charge in [0.15, 0.2) is 0 Å². The zero-order valence-electron chi connectivity index (χ0n) is 8.36. The number of anilines is 1. The first-order valence-electron chi connectivity index (χ1n) is 4.97. The molecule has 3 nitrogen and oxygen atoms in total. The molecule has 1 aliphatic heterocycles. The van der Waals surface area contributed by atoms with Gasteiger partial charge in [-0.2, -0.15) is 11.8 Å². The van der Waals surface area contributed by atoms with Gasteiger partial charge in [-0.3, -0.25) is 0 Å². The molecule has 0 saturated carbocycles. The lowest BCUT2D eigenvalue weighted by Gasteiger charge is -2.22.